The Balaban J connectivity index is 2.45. The van der Waals surface area contributed by atoms with E-state index in [0.717, 1.165) is 11.3 Å². The Morgan fingerprint density at radius 2 is 2.17 bits per heavy atom. The summed E-state index contributed by atoms with van der Waals surface area (Å²) in [5.41, 5.74) is 1.98. The fourth-order valence-corrected chi connectivity index (χ4v) is 1.73. The lowest BCUT2D eigenvalue weighted by atomic mass is 10.1. The number of carbonyl (C=O) groups excluding carboxylic acids is 1. The van der Waals surface area contributed by atoms with E-state index in [1.165, 1.54) is 0 Å². The maximum Gasteiger partial charge on any atom is 0.303 e. The van der Waals surface area contributed by atoms with Crippen molar-refractivity contribution >= 4 is 11.9 Å². The summed E-state index contributed by atoms with van der Waals surface area (Å²) in [5, 5.41) is 15.4. The zero-order chi connectivity index (χ0) is 13.7. The Morgan fingerprint density at radius 3 is 2.67 bits per heavy atom. The van der Waals surface area contributed by atoms with Crippen molar-refractivity contribution in [1.29, 1.82) is 0 Å². The van der Waals surface area contributed by atoms with Crippen molar-refractivity contribution in [2.24, 2.45) is 7.05 Å². The number of aryl methyl sites for hydroxylation is 1. The standard InChI is InChI=1S/C12H19N3O3/c1-8(10-7-13-15(3)9(10)2)14-11(16)5-4-6-12(17)18/h7-8H,4-6H2,1-3H3,(H,14,16)(H,17,18). The topological polar surface area (TPSA) is 84.2 Å². The Hall–Kier alpha value is -1.85. The second-order valence-corrected chi connectivity index (χ2v) is 4.35. The van der Waals surface area contributed by atoms with E-state index in [9.17, 15) is 9.59 Å². The highest BCUT2D eigenvalue weighted by Crippen LogP contribution is 2.16. The van der Waals surface area contributed by atoms with Crippen molar-refractivity contribution < 1.29 is 14.7 Å². The minimum atomic E-state index is -0.876. The van der Waals surface area contributed by atoms with Gasteiger partial charge in [-0.2, -0.15) is 5.10 Å². The molecule has 0 saturated heterocycles. The molecule has 1 heterocycles. The number of amides is 1. The maximum absolute atomic E-state index is 11.6. The maximum atomic E-state index is 11.6. The molecule has 1 atom stereocenters. The summed E-state index contributed by atoms with van der Waals surface area (Å²) in [4.78, 5) is 21.9. The molecule has 0 aliphatic heterocycles. The lowest BCUT2D eigenvalue weighted by molar-refractivity contribution is -0.137. The summed E-state index contributed by atoms with van der Waals surface area (Å²) >= 11 is 0. The first-order chi connectivity index (χ1) is 8.41. The van der Waals surface area contributed by atoms with Crippen LogP contribution in [-0.4, -0.2) is 26.8 Å². The van der Waals surface area contributed by atoms with Gasteiger partial charge in [-0.3, -0.25) is 14.3 Å². The molecule has 1 aromatic heterocycles. The van der Waals surface area contributed by atoms with Crippen LogP contribution in [0.25, 0.3) is 0 Å². The number of rotatable bonds is 6. The molecule has 6 nitrogen and oxygen atoms in total. The number of hydrogen-bond acceptors (Lipinski definition) is 3. The van der Waals surface area contributed by atoms with Crippen molar-refractivity contribution in [3.63, 3.8) is 0 Å². The van der Waals surface area contributed by atoms with E-state index < -0.39 is 5.97 Å². The summed E-state index contributed by atoms with van der Waals surface area (Å²) in [6.45, 7) is 3.83. The van der Waals surface area contributed by atoms with Gasteiger partial charge in [-0.1, -0.05) is 0 Å². The fraction of sp³-hybridized carbons (Fsp3) is 0.583. The third kappa shape index (κ3) is 3.87. The minimum absolute atomic E-state index is 0.0215. The van der Waals surface area contributed by atoms with Crippen LogP contribution >= 0.6 is 0 Å². The van der Waals surface area contributed by atoms with Crippen LogP contribution in [0, 0.1) is 6.92 Å². The molecule has 1 amide bonds. The van der Waals surface area contributed by atoms with E-state index in [1.54, 1.807) is 10.9 Å². The second-order valence-electron chi connectivity index (χ2n) is 4.35. The summed E-state index contributed by atoms with van der Waals surface area (Å²) in [5.74, 6) is -1.01. The molecule has 18 heavy (non-hydrogen) atoms. The quantitative estimate of drug-likeness (QED) is 0.796. The predicted octanol–water partition coefficient (Wildman–Crippen LogP) is 1.16. The molecule has 0 bridgehead atoms. The molecule has 1 unspecified atom stereocenters. The van der Waals surface area contributed by atoms with E-state index in [2.05, 4.69) is 10.4 Å². The van der Waals surface area contributed by atoms with Crippen molar-refractivity contribution in [2.75, 3.05) is 0 Å². The Kier molecular flexibility index (Phi) is 4.88. The van der Waals surface area contributed by atoms with Crippen molar-refractivity contribution in [3.05, 3.63) is 17.5 Å². The molecule has 0 aliphatic rings. The zero-order valence-corrected chi connectivity index (χ0v) is 10.9. The van der Waals surface area contributed by atoms with Gasteiger partial charge in [0, 0.05) is 31.1 Å². The second kappa shape index (κ2) is 6.18. The molecule has 0 radical (unpaired) electrons. The molecule has 0 spiro atoms. The smallest absolute Gasteiger partial charge is 0.303 e. The molecule has 1 aromatic rings. The molecule has 6 heteroatoms. The first-order valence-electron chi connectivity index (χ1n) is 5.91. The van der Waals surface area contributed by atoms with E-state index >= 15 is 0 Å². The van der Waals surface area contributed by atoms with Gasteiger partial charge in [0.1, 0.15) is 0 Å². The average Bonchev–Trinajstić information content (AvgIpc) is 2.59. The van der Waals surface area contributed by atoms with Gasteiger partial charge in [-0.25, -0.2) is 0 Å². The van der Waals surface area contributed by atoms with E-state index in [0.29, 0.717) is 6.42 Å². The van der Waals surface area contributed by atoms with Gasteiger partial charge < -0.3 is 10.4 Å². The summed E-state index contributed by atoms with van der Waals surface area (Å²) < 4.78 is 1.75. The van der Waals surface area contributed by atoms with Crippen LogP contribution in [0.4, 0.5) is 0 Å². The lowest BCUT2D eigenvalue weighted by Crippen LogP contribution is -2.26. The molecule has 1 rings (SSSR count). The number of aliphatic carboxylic acids is 1. The van der Waals surface area contributed by atoms with Crippen LogP contribution in [-0.2, 0) is 16.6 Å². The van der Waals surface area contributed by atoms with Gasteiger partial charge in [0.15, 0.2) is 0 Å². The summed E-state index contributed by atoms with van der Waals surface area (Å²) in [6, 6.07) is -0.115. The first kappa shape index (κ1) is 14.2. The van der Waals surface area contributed by atoms with Crippen LogP contribution in [0.1, 0.15) is 43.5 Å². The highest BCUT2D eigenvalue weighted by molar-refractivity contribution is 5.77. The zero-order valence-electron chi connectivity index (χ0n) is 10.9. The van der Waals surface area contributed by atoms with Gasteiger partial charge in [0.25, 0.3) is 0 Å². The fourth-order valence-electron chi connectivity index (χ4n) is 1.73. The molecular formula is C12H19N3O3. The number of nitrogens with zero attached hydrogens (tertiary/aromatic N) is 2. The van der Waals surface area contributed by atoms with Crippen molar-refractivity contribution in [2.45, 2.75) is 39.2 Å². The van der Waals surface area contributed by atoms with Gasteiger partial charge >= 0.3 is 5.97 Å². The molecule has 0 fully saturated rings. The van der Waals surface area contributed by atoms with E-state index in [-0.39, 0.29) is 24.8 Å². The normalized spacial score (nSPS) is 12.2. The van der Waals surface area contributed by atoms with Gasteiger partial charge in [-0.05, 0) is 20.3 Å². The van der Waals surface area contributed by atoms with Gasteiger partial charge in [0.05, 0.1) is 12.2 Å². The number of carboxylic acid groups (broad SMARTS) is 1. The molecule has 0 aromatic carbocycles. The number of aromatic nitrogens is 2. The van der Waals surface area contributed by atoms with E-state index in [1.807, 2.05) is 20.9 Å². The molecular weight excluding hydrogens is 234 g/mol. The van der Waals surface area contributed by atoms with Crippen LogP contribution in [0.5, 0.6) is 0 Å². The third-order valence-electron chi connectivity index (χ3n) is 2.91. The monoisotopic (exact) mass is 253 g/mol. The largest absolute Gasteiger partial charge is 0.481 e. The number of hydrogen-bond donors (Lipinski definition) is 2. The molecule has 100 valence electrons. The Morgan fingerprint density at radius 1 is 1.50 bits per heavy atom. The average molecular weight is 253 g/mol. The minimum Gasteiger partial charge on any atom is -0.481 e. The summed E-state index contributed by atoms with van der Waals surface area (Å²) in [6.07, 6.45) is 2.35. The first-order valence-corrected chi connectivity index (χ1v) is 5.91. The molecule has 0 aliphatic carbocycles. The van der Waals surface area contributed by atoms with Crippen LogP contribution in [0.3, 0.4) is 0 Å². The lowest BCUT2D eigenvalue weighted by Gasteiger charge is -2.13. The number of nitrogens with one attached hydrogen (secondary N) is 1. The predicted molar refractivity (Wildman–Crippen MR) is 66.0 cm³/mol. The van der Waals surface area contributed by atoms with Crippen LogP contribution in [0.2, 0.25) is 0 Å². The highest BCUT2D eigenvalue weighted by Gasteiger charge is 2.14. The highest BCUT2D eigenvalue weighted by atomic mass is 16.4. The van der Waals surface area contributed by atoms with Gasteiger partial charge in [0.2, 0.25) is 5.91 Å². The van der Waals surface area contributed by atoms with E-state index in [4.69, 9.17) is 5.11 Å². The SMILES string of the molecule is Cc1c(C(C)NC(=O)CCCC(=O)O)cnn1C. The van der Waals surface area contributed by atoms with Crippen molar-refractivity contribution in [3.8, 4) is 0 Å². The number of carboxylic acids is 1. The number of carbonyl (C=O) groups is 2. The molecule has 0 saturated carbocycles. The van der Waals surface area contributed by atoms with Crippen LogP contribution in [0.15, 0.2) is 6.20 Å². The van der Waals surface area contributed by atoms with Crippen LogP contribution < -0.4 is 5.32 Å². The van der Waals surface area contributed by atoms with Crippen molar-refractivity contribution in [1.82, 2.24) is 15.1 Å². The third-order valence-corrected chi connectivity index (χ3v) is 2.91. The Bertz CT molecular complexity index is 440. The van der Waals surface area contributed by atoms with Gasteiger partial charge in [-0.15, -0.1) is 0 Å². The summed E-state index contributed by atoms with van der Waals surface area (Å²) in [7, 11) is 1.85. The molecule has 2 N–H and O–H groups in total. The Labute approximate surface area is 106 Å².